The van der Waals surface area contributed by atoms with E-state index in [4.69, 9.17) is 0 Å². The zero-order valence-corrected chi connectivity index (χ0v) is 15.2. The van der Waals surface area contributed by atoms with Gasteiger partial charge in [-0.3, -0.25) is 9.69 Å². The number of imide groups is 1. The van der Waals surface area contributed by atoms with Crippen molar-refractivity contribution in [3.8, 4) is 0 Å². The first-order valence-electron chi connectivity index (χ1n) is 8.79. The van der Waals surface area contributed by atoms with E-state index in [9.17, 15) is 18.0 Å². The highest BCUT2D eigenvalue weighted by Gasteiger charge is 2.60. The van der Waals surface area contributed by atoms with Crippen molar-refractivity contribution in [1.82, 2.24) is 14.8 Å². The molecule has 2 fully saturated rings. The maximum Gasteiger partial charge on any atom is 0.328 e. The standard InChI is InChI=1S/C18H19N3O4S/c1-18-15-13(12-4-2-3-5-14(12)19-15)6-8-20(18)17(23)21(16(18)22)11-7-9-26(24,25)10-11/h2-5,11,19H,6-10H2,1H3/t11-,18+/m1/s1. The number of carbonyl (C=O) groups is 2. The lowest BCUT2D eigenvalue weighted by Gasteiger charge is -2.36. The van der Waals surface area contributed by atoms with Crippen molar-refractivity contribution in [2.75, 3.05) is 18.1 Å². The third-order valence-electron chi connectivity index (χ3n) is 6.07. The highest BCUT2D eigenvalue weighted by atomic mass is 32.2. The van der Waals surface area contributed by atoms with E-state index in [0.717, 1.165) is 22.2 Å². The molecule has 3 aliphatic rings. The van der Waals surface area contributed by atoms with Crippen LogP contribution < -0.4 is 0 Å². The van der Waals surface area contributed by atoms with E-state index in [1.165, 1.54) is 4.90 Å². The number of para-hydroxylation sites is 1. The molecule has 1 aromatic carbocycles. The van der Waals surface area contributed by atoms with Gasteiger partial charge in [-0.05, 0) is 31.4 Å². The zero-order valence-electron chi connectivity index (χ0n) is 14.4. The summed E-state index contributed by atoms with van der Waals surface area (Å²) in [5, 5.41) is 1.07. The summed E-state index contributed by atoms with van der Waals surface area (Å²) in [6.07, 6.45) is 0.994. The minimum absolute atomic E-state index is 0.0308. The lowest BCUT2D eigenvalue weighted by Crippen LogP contribution is -2.49. The molecular weight excluding hydrogens is 354 g/mol. The van der Waals surface area contributed by atoms with Gasteiger partial charge in [-0.15, -0.1) is 0 Å². The number of carbonyl (C=O) groups excluding carboxylic acids is 2. The van der Waals surface area contributed by atoms with E-state index in [-0.39, 0.29) is 23.4 Å². The second-order valence-electron chi connectivity index (χ2n) is 7.51. The fourth-order valence-corrected chi connectivity index (χ4v) is 6.42. The van der Waals surface area contributed by atoms with Crippen LogP contribution in [0.2, 0.25) is 0 Å². The van der Waals surface area contributed by atoms with Gasteiger partial charge < -0.3 is 9.88 Å². The van der Waals surface area contributed by atoms with E-state index in [2.05, 4.69) is 4.98 Å². The molecule has 1 aromatic heterocycles. The predicted molar refractivity (Wildman–Crippen MR) is 95.4 cm³/mol. The van der Waals surface area contributed by atoms with Crippen molar-refractivity contribution < 1.29 is 18.0 Å². The average Bonchev–Trinajstić information content (AvgIpc) is 3.21. The normalized spacial score (nSPS) is 30.1. The summed E-state index contributed by atoms with van der Waals surface area (Å²) in [6.45, 7) is 2.22. The number of aromatic nitrogens is 1. The Kier molecular flexibility index (Phi) is 2.98. The number of hydrogen-bond acceptors (Lipinski definition) is 4. The van der Waals surface area contributed by atoms with Gasteiger partial charge in [0.15, 0.2) is 15.4 Å². The van der Waals surface area contributed by atoms with Crippen LogP contribution in [0.4, 0.5) is 4.79 Å². The van der Waals surface area contributed by atoms with Crippen LogP contribution in [0, 0.1) is 0 Å². The molecule has 0 aliphatic carbocycles. The van der Waals surface area contributed by atoms with Crippen LogP contribution in [0.5, 0.6) is 0 Å². The van der Waals surface area contributed by atoms with Gasteiger partial charge >= 0.3 is 6.03 Å². The zero-order chi connectivity index (χ0) is 18.3. The number of sulfone groups is 1. The quantitative estimate of drug-likeness (QED) is 0.765. The molecule has 2 atom stereocenters. The lowest BCUT2D eigenvalue weighted by atomic mass is 9.87. The van der Waals surface area contributed by atoms with Crippen molar-refractivity contribution >= 4 is 32.7 Å². The van der Waals surface area contributed by atoms with Crippen molar-refractivity contribution in [3.05, 3.63) is 35.5 Å². The molecule has 136 valence electrons. The molecule has 0 spiro atoms. The highest BCUT2D eigenvalue weighted by molar-refractivity contribution is 7.91. The number of amides is 3. The maximum atomic E-state index is 13.4. The fraction of sp³-hybridized carbons (Fsp3) is 0.444. The van der Waals surface area contributed by atoms with Gasteiger partial charge in [0.05, 0.1) is 23.2 Å². The smallest absolute Gasteiger partial charge is 0.328 e. The van der Waals surface area contributed by atoms with E-state index in [0.29, 0.717) is 19.4 Å². The van der Waals surface area contributed by atoms with Gasteiger partial charge in [0, 0.05) is 17.4 Å². The second kappa shape index (κ2) is 4.88. The van der Waals surface area contributed by atoms with Crippen LogP contribution in [0.3, 0.4) is 0 Å². The average molecular weight is 373 g/mol. The molecule has 1 N–H and O–H groups in total. The number of aromatic amines is 1. The predicted octanol–water partition coefficient (Wildman–Crippen LogP) is 1.39. The maximum absolute atomic E-state index is 13.4. The summed E-state index contributed by atoms with van der Waals surface area (Å²) in [7, 11) is -3.19. The van der Waals surface area contributed by atoms with E-state index in [1.54, 1.807) is 11.8 Å². The molecule has 8 heteroatoms. The largest absolute Gasteiger partial charge is 0.356 e. The molecule has 5 rings (SSSR count). The summed E-state index contributed by atoms with van der Waals surface area (Å²) in [6, 6.07) is 6.94. The Morgan fingerprint density at radius 1 is 1.23 bits per heavy atom. The Hall–Kier alpha value is -2.35. The van der Waals surface area contributed by atoms with Crippen LogP contribution >= 0.6 is 0 Å². The Balaban J connectivity index is 1.64. The van der Waals surface area contributed by atoms with Gasteiger partial charge in [-0.2, -0.15) is 0 Å². The summed E-state index contributed by atoms with van der Waals surface area (Å²) >= 11 is 0. The molecule has 26 heavy (non-hydrogen) atoms. The molecule has 0 unspecified atom stereocenters. The molecule has 2 aromatic rings. The third kappa shape index (κ3) is 1.85. The Labute approximate surface area is 150 Å². The number of benzene rings is 1. The van der Waals surface area contributed by atoms with Crippen molar-refractivity contribution in [2.45, 2.75) is 31.3 Å². The minimum Gasteiger partial charge on any atom is -0.356 e. The Morgan fingerprint density at radius 2 is 2.00 bits per heavy atom. The molecular formula is C18H19N3O4S. The summed E-state index contributed by atoms with van der Waals surface area (Å²) < 4.78 is 23.7. The highest BCUT2D eigenvalue weighted by Crippen LogP contribution is 2.45. The minimum atomic E-state index is -3.19. The van der Waals surface area contributed by atoms with Gasteiger partial charge in [-0.1, -0.05) is 18.2 Å². The van der Waals surface area contributed by atoms with Crippen LogP contribution in [-0.2, 0) is 26.6 Å². The molecule has 4 heterocycles. The molecule has 3 aliphatic heterocycles. The second-order valence-corrected chi connectivity index (χ2v) is 9.74. The number of nitrogens with zero attached hydrogens (tertiary/aromatic N) is 2. The van der Waals surface area contributed by atoms with Crippen molar-refractivity contribution in [3.63, 3.8) is 0 Å². The monoisotopic (exact) mass is 373 g/mol. The third-order valence-corrected chi connectivity index (χ3v) is 7.82. The van der Waals surface area contributed by atoms with Gasteiger partial charge in [0.1, 0.15) is 0 Å². The number of urea groups is 1. The lowest BCUT2D eigenvalue weighted by molar-refractivity contribution is -0.134. The number of hydrogen-bond donors (Lipinski definition) is 1. The first kappa shape index (κ1) is 15.9. The number of H-pyrrole nitrogens is 1. The molecule has 0 radical (unpaired) electrons. The number of rotatable bonds is 1. The van der Waals surface area contributed by atoms with Gasteiger partial charge in [0.25, 0.3) is 5.91 Å². The SMILES string of the molecule is C[C@]12C(=O)N([C@@H]3CCS(=O)(=O)C3)C(=O)N1CCc1c2[nH]c2ccccc12. The van der Waals surface area contributed by atoms with Gasteiger partial charge in [-0.25, -0.2) is 13.2 Å². The molecule has 3 amide bonds. The van der Waals surface area contributed by atoms with Crippen LogP contribution in [-0.4, -0.2) is 59.2 Å². The molecule has 2 saturated heterocycles. The summed E-state index contributed by atoms with van der Waals surface area (Å²) in [5.41, 5.74) is 1.67. The molecule has 7 nitrogen and oxygen atoms in total. The first-order valence-corrected chi connectivity index (χ1v) is 10.6. The Bertz CT molecular complexity index is 1070. The Morgan fingerprint density at radius 3 is 2.73 bits per heavy atom. The van der Waals surface area contributed by atoms with Crippen LogP contribution in [0.15, 0.2) is 24.3 Å². The first-order chi connectivity index (χ1) is 12.3. The molecule has 0 bridgehead atoms. The fourth-order valence-electron chi connectivity index (χ4n) is 4.72. The van der Waals surface area contributed by atoms with E-state index >= 15 is 0 Å². The van der Waals surface area contributed by atoms with Crippen LogP contribution in [0.1, 0.15) is 24.6 Å². The number of nitrogens with one attached hydrogen (secondary N) is 1. The summed E-state index contributed by atoms with van der Waals surface area (Å²) in [4.78, 5) is 32.5. The summed E-state index contributed by atoms with van der Waals surface area (Å²) in [5.74, 6) is -0.422. The molecule has 0 saturated carbocycles. The topological polar surface area (TPSA) is 90.6 Å². The van der Waals surface area contributed by atoms with E-state index in [1.807, 2.05) is 24.3 Å². The van der Waals surface area contributed by atoms with E-state index < -0.39 is 21.4 Å². The van der Waals surface area contributed by atoms with Crippen LogP contribution in [0.25, 0.3) is 10.9 Å². The van der Waals surface area contributed by atoms with Crippen molar-refractivity contribution in [2.24, 2.45) is 0 Å². The van der Waals surface area contributed by atoms with Crippen molar-refractivity contribution in [1.29, 1.82) is 0 Å². The van der Waals surface area contributed by atoms with Gasteiger partial charge in [0.2, 0.25) is 0 Å². The number of fused-ring (bicyclic) bond motifs is 5.